The largest absolute Gasteiger partial charge is 0.444 e. The van der Waals surface area contributed by atoms with E-state index in [0.717, 1.165) is 36.8 Å². The molecule has 0 aromatic heterocycles. The molecule has 1 aliphatic rings. The van der Waals surface area contributed by atoms with Crippen LogP contribution in [0, 0.1) is 5.92 Å². The molecule has 196 valence electrons. The van der Waals surface area contributed by atoms with Crippen molar-refractivity contribution in [2.75, 3.05) is 13.1 Å². The average Bonchev–Trinajstić information content (AvgIpc) is 2.82. The van der Waals surface area contributed by atoms with Crippen molar-refractivity contribution in [3.8, 4) is 0 Å². The lowest BCUT2D eigenvalue weighted by molar-refractivity contribution is -0.122. The molecule has 1 heterocycles. The fraction of sp³-hybridized carbons (Fsp3) is 0.517. The fourth-order valence-corrected chi connectivity index (χ4v) is 4.91. The molecule has 1 aliphatic heterocycles. The highest BCUT2D eigenvalue weighted by Gasteiger charge is 2.27. The van der Waals surface area contributed by atoms with Crippen LogP contribution < -0.4 is 5.32 Å². The molecule has 1 N–H and O–H groups in total. The van der Waals surface area contributed by atoms with E-state index in [-0.39, 0.29) is 24.0 Å². The second-order valence-corrected chi connectivity index (χ2v) is 11.7. The molecular weight excluding hydrogens is 495 g/mol. The molecule has 3 rings (SSSR count). The number of benzene rings is 2. The molecule has 0 saturated carbocycles. The molecule has 2 amide bonds. The van der Waals surface area contributed by atoms with Crippen LogP contribution in [-0.2, 0) is 16.0 Å². The molecule has 0 radical (unpaired) electrons. The summed E-state index contributed by atoms with van der Waals surface area (Å²) < 4.78 is 5.48. The number of likely N-dealkylation sites (tertiary alicyclic amines) is 1. The maximum absolute atomic E-state index is 12.9. The van der Waals surface area contributed by atoms with Crippen LogP contribution in [0.15, 0.2) is 48.5 Å². The van der Waals surface area contributed by atoms with E-state index in [9.17, 15) is 9.59 Å². The van der Waals surface area contributed by atoms with Gasteiger partial charge in [0.1, 0.15) is 5.60 Å². The van der Waals surface area contributed by atoms with Crippen molar-refractivity contribution in [2.24, 2.45) is 5.92 Å². The predicted molar refractivity (Wildman–Crippen MR) is 147 cm³/mol. The first-order valence-electron chi connectivity index (χ1n) is 12.8. The summed E-state index contributed by atoms with van der Waals surface area (Å²) in [5.41, 5.74) is 1.81. The summed E-state index contributed by atoms with van der Waals surface area (Å²) in [5.74, 6) is 0.600. The van der Waals surface area contributed by atoms with Gasteiger partial charge in [0.25, 0.3) is 0 Å². The summed E-state index contributed by atoms with van der Waals surface area (Å²) in [7, 11) is 0. The summed E-state index contributed by atoms with van der Waals surface area (Å²) in [6.07, 6.45) is 3.63. The first-order chi connectivity index (χ1) is 17.0. The van der Waals surface area contributed by atoms with Crippen molar-refractivity contribution in [1.29, 1.82) is 0 Å². The van der Waals surface area contributed by atoms with E-state index in [1.807, 2.05) is 69.3 Å². The Kier molecular flexibility index (Phi) is 10.1. The number of hydrogen-bond donors (Lipinski definition) is 1. The summed E-state index contributed by atoms with van der Waals surface area (Å²) in [6.45, 7) is 9.06. The summed E-state index contributed by atoms with van der Waals surface area (Å²) in [6, 6.07) is 15.7. The zero-order chi connectivity index (χ0) is 26.3. The summed E-state index contributed by atoms with van der Waals surface area (Å²) >= 11 is 12.2. The number of nitrogens with one attached hydrogen (secondary N) is 1. The quantitative estimate of drug-likeness (QED) is 0.389. The molecule has 1 saturated heterocycles. The highest BCUT2D eigenvalue weighted by Crippen LogP contribution is 2.28. The Morgan fingerprint density at radius 2 is 1.56 bits per heavy atom. The van der Waals surface area contributed by atoms with Gasteiger partial charge in [-0.25, -0.2) is 4.79 Å². The van der Waals surface area contributed by atoms with Crippen LogP contribution in [0.25, 0.3) is 0 Å². The van der Waals surface area contributed by atoms with E-state index >= 15 is 0 Å². The maximum Gasteiger partial charge on any atom is 0.410 e. The predicted octanol–water partition coefficient (Wildman–Crippen LogP) is 7.25. The number of amides is 2. The van der Waals surface area contributed by atoms with Crippen LogP contribution >= 0.6 is 23.2 Å². The third kappa shape index (κ3) is 9.01. The number of piperidine rings is 1. The first-order valence-corrected chi connectivity index (χ1v) is 13.5. The van der Waals surface area contributed by atoms with Crippen molar-refractivity contribution in [1.82, 2.24) is 10.2 Å². The zero-order valence-electron chi connectivity index (χ0n) is 21.7. The lowest BCUT2D eigenvalue weighted by atomic mass is 9.86. The molecular formula is C29H38Cl2N2O3. The molecule has 2 aromatic rings. The van der Waals surface area contributed by atoms with Crippen molar-refractivity contribution in [2.45, 2.75) is 77.4 Å². The third-order valence-corrected chi connectivity index (χ3v) is 7.21. The number of carbonyl (C=O) groups is 2. The molecule has 5 nitrogen and oxygen atoms in total. The lowest BCUT2D eigenvalue weighted by Crippen LogP contribution is -2.42. The molecule has 0 unspecified atom stereocenters. The van der Waals surface area contributed by atoms with Gasteiger partial charge in [0.2, 0.25) is 5.91 Å². The SMILES string of the molecule is C[C@@H](NC(=O)CCC1CCN(C(=O)OC(C)(C)C)CC1)[C@H](Cc1ccc(Cl)cc1)c1ccc(Cl)cc1. The van der Waals surface area contributed by atoms with Gasteiger partial charge in [-0.1, -0.05) is 47.5 Å². The Morgan fingerprint density at radius 3 is 2.11 bits per heavy atom. The van der Waals surface area contributed by atoms with Crippen LogP contribution in [0.4, 0.5) is 4.79 Å². The normalized spacial score (nSPS) is 16.3. The van der Waals surface area contributed by atoms with Gasteiger partial charge < -0.3 is 15.0 Å². The second kappa shape index (κ2) is 12.8. The first kappa shape index (κ1) is 28.3. The van der Waals surface area contributed by atoms with Crippen LogP contribution in [0.5, 0.6) is 0 Å². The molecule has 0 spiro atoms. The molecule has 36 heavy (non-hydrogen) atoms. The van der Waals surface area contributed by atoms with E-state index in [2.05, 4.69) is 12.2 Å². The van der Waals surface area contributed by atoms with Crippen molar-refractivity contribution in [3.05, 3.63) is 69.7 Å². The van der Waals surface area contributed by atoms with Crippen LogP contribution in [0.3, 0.4) is 0 Å². The van der Waals surface area contributed by atoms with E-state index in [1.165, 1.54) is 0 Å². The Hall–Kier alpha value is -2.24. The van der Waals surface area contributed by atoms with Gasteiger partial charge in [-0.2, -0.15) is 0 Å². The monoisotopic (exact) mass is 532 g/mol. The minimum Gasteiger partial charge on any atom is -0.444 e. The van der Waals surface area contributed by atoms with Gasteiger partial charge in [0, 0.05) is 41.5 Å². The zero-order valence-corrected chi connectivity index (χ0v) is 23.2. The standard InChI is InChI=1S/C29H38Cl2N2O3/c1-20(26(23-8-12-25(31)13-9-23)19-22-5-10-24(30)11-6-22)32-27(34)14-7-21-15-17-33(18-16-21)28(35)36-29(2,3)4/h5-6,8-13,20-21,26H,7,14-19H2,1-4H3,(H,32,34)/t20-,26+/m1/s1. The lowest BCUT2D eigenvalue weighted by Gasteiger charge is -2.33. The second-order valence-electron chi connectivity index (χ2n) is 10.8. The molecule has 0 bridgehead atoms. The number of rotatable bonds is 8. The average molecular weight is 534 g/mol. The summed E-state index contributed by atoms with van der Waals surface area (Å²) in [5, 5.41) is 4.64. The van der Waals surface area contributed by atoms with Gasteiger partial charge in [0.15, 0.2) is 0 Å². The fourth-order valence-electron chi connectivity index (χ4n) is 4.66. The highest BCUT2D eigenvalue weighted by molar-refractivity contribution is 6.30. The van der Waals surface area contributed by atoms with E-state index in [4.69, 9.17) is 27.9 Å². The van der Waals surface area contributed by atoms with Crippen molar-refractivity contribution in [3.63, 3.8) is 0 Å². The number of nitrogens with zero attached hydrogens (tertiary/aromatic N) is 1. The van der Waals surface area contributed by atoms with Gasteiger partial charge in [0.05, 0.1) is 0 Å². The van der Waals surface area contributed by atoms with Crippen molar-refractivity contribution < 1.29 is 14.3 Å². The number of halogens is 2. The van der Waals surface area contributed by atoms with Gasteiger partial charge >= 0.3 is 6.09 Å². The van der Waals surface area contributed by atoms with Crippen LogP contribution in [0.1, 0.15) is 70.4 Å². The molecule has 7 heteroatoms. The van der Waals surface area contributed by atoms with Gasteiger partial charge in [-0.05, 0) is 94.7 Å². The van der Waals surface area contributed by atoms with Gasteiger partial charge in [-0.15, -0.1) is 0 Å². The minimum atomic E-state index is -0.486. The number of hydrogen-bond acceptors (Lipinski definition) is 3. The smallest absolute Gasteiger partial charge is 0.410 e. The van der Waals surface area contributed by atoms with E-state index in [1.54, 1.807) is 4.90 Å². The molecule has 2 atom stereocenters. The Balaban J connectivity index is 1.52. The van der Waals surface area contributed by atoms with E-state index < -0.39 is 5.60 Å². The Morgan fingerprint density at radius 1 is 1.00 bits per heavy atom. The van der Waals surface area contributed by atoms with Crippen LogP contribution in [-0.4, -0.2) is 41.6 Å². The number of ether oxygens (including phenoxy) is 1. The third-order valence-electron chi connectivity index (χ3n) is 6.71. The van der Waals surface area contributed by atoms with E-state index in [0.29, 0.717) is 35.5 Å². The molecule has 0 aliphatic carbocycles. The minimum absolute atomic E-state index is 0.0524. The molecule has 2 aromatic carbocycles. The molecule has 1 fully saturated rings. The Labute approximate surface area is 225 Å². The topological polar surface area (TPSA) is 58.6 Å². The highest BCUT2D eigenvalue weighted by atomic mass is 35.5. The number of carbonyl (C=O) groups excluding carboxylic acids is 2. The van der Waals surface area contributed by atoms with Crippen LogP contribution in [0.2, 0.25) is 10.0 Å². The van der Waals surface area contributed by atoms with Crippen molar-refractivity contribution >= 4 is 35.2 Å². The Bertz CT molecular complexity index is 995. The van der Waals surface area contributed by atoms with Gasteiger partial charge in [-0.3, -0.25) is 4.79 Å². The summed E-state index contributed by atoms with van der Waals surface area (Å²) in [4.78, 5) is 26.9. The maximum atomic E-state index is 12.9.